The van der Waals surface area contributed by atoms with E-state index < -0.39 is 0 Å². The molecular formula is C15H14ClN3O. The van der Waals surface area contributed by atoms with Crippen LogP contribution in [0, 0.1) is 0 Å². The van der Waals surface area contributed by atoms with Crippen molar-refractivity contribution in [2.45, 2.75) is 6.92 Å². The lowest BCUT2D eigenvalue weighted by Gasteiger charge is -2.08. The zero-order chi connectivity index (χ0) is 14.5. The lowest BCUT2D eigenvalue weighted by Crippen LogP contribution is -2.21. The highest BCUT2D eigenvalue weighted by atomic mass is 35.5. The number of fused-ring (bicyclic) bond motifs is 1. The summed E-state index contributed by atoms with van der Waals surface area (Å²) in [5.41, 5.74) is 1.62. The number of nitrogens with one attached hydrogen (secondary N) is 1. The average Bonchev–Trinajstić information content (AvgIpc) is 2.45. The van der Waals surface area contributed by atoms with E-state index in [0.29, 0.717) is 21.9 Å². The van der Waals surface area contributed by atoms with E-state index in [2.05, 4.69) is 15.3 Å². The first-order chi connectivity index (χ1) is 9.67. The van der Waals surface area contributed by atoms with E-state index >= 15 is 0 Å². The molecule has 0 saturated heterocycles. The molecule has 0 aliphatic heterocycles. The first kappa shape index (κ1) is 14.2. The van der Waals surface area contributed by atoms with Crippen LogP contribution in [0.15, 0.2) is 47.6 Å². The predicted octanol–water partition coefficient (Wildman–Crippen LogP) is 3.47. The van der Waals surface area contributed by atoms with Crippen LogP contribution < -0.4 is 5.32 Å². The molecule has 1 amide bonds. The number of benzene rings is 1. The number of allylic oxidation sites excluding steroid dienone is 1. The number of halogens is 1. The summed E-state index contributed by atoms with van der Waals surface area (Å²) in [4.78, 5) is 20.3. The molecule has 2 aromatic rings. The van der Waals surface area contributed by atoms with E-state index in [-0.39, 0.29) is 5.91 Å². The van der Waals surface area contributed by atoms with Crippen LogP contribution in [0.25, 0.3) is 10.9 Å². The Morgan fingerprint density at radius 1 is 1.40 bits per heavy atom. The molecule has 20 heavy (non-hydrogen) atoms. The summed E-state index contributed by atoms with van der Waals surface area (Å²) in [7, 11) is 1.58. The smallest absolute Gasteiger partial charge is 0.273 e. The fourth-order valence-corrected chi connectivity index (χ4v) is 2.05. The molecule has 0 spiro atoms. The third-order valence-electron chi connectivity index (χ3n) is 2.76. The number of aliphatic imine (C=N–C) groups is 1. The number of rotatable bonds is 3. The fraction of sp³-hybridized carbons (Fsp3) is 0.133. The SMILES string of the molecule is C/C=C\C(=NC)C(=O)Nc1cccc2c(Cl)ccnc12. The van der Waals surface area contributed by atoms with Crippen molar-refractivity contribution in [3.8, 4) is 0 Å². The van der Waals surface area contributed by atoms with Gasteiger partial charge in [-0.3, -0.25) is 14.8 Å². The fourth-order valence-electron chi connectivity index (χ4n) is 1.84. The molecule has 1 heterocycles. The standard InChI is InChI=1S/C15H14ClN3O/c1-3-5-13(17-2)15(20)19-12-7-4-6-10-11(16)8-9-18-14(10)12/h3-9H,1-2H3,(H,19,20)/b5-3-,17-13?. The summed E-state index contributed by atoms with van der Waals surface area (Å²) in [6.45, 7) is 1.83. The van der Waals surface area contributed by atoms with E-state index in [4.69, 9.17) is 11.6 Å². The second-order valence-corrected chi connectivity index (χ2v) is 4.46. The van der Waals surface area contributed by atoms with Crippen LogP contribution in [-0.4, -0.2) is 23.7 Å². The minimum atomic E-state index is -0.278. The number of nitrogens with zero attached hydrogens (tertiary/aromatic N) is 2. The molecule has 0 aliphatic carbocycles. The van der Waals surface area contributed by atoms with Crippen LogP contribution in [-0.2, 0) is 4.79 Å². The molecule has 0 aliphatic rings. The Labute approximate surface area is 122 Å². The molecule has 0 saturated carbocycles. The highest BCUT2D eigenvalue weighted by Crippen LogP contribution is 2.26. The largest absolute Gasteiger partial charge is 0.319 e. The Morgan fingerprint density at radius 2 is 2.20 bits per heavy atom. The molecule has 0 bridgehead atoms. The molecule has 4 nitrogen and oxygen atoms in total. The third-order valence-corrected chi connectivity index (χ3v) is 3.09. The van der Waals surface area contributed by atoms with Crippen LogP contribution in [0.2, 0.25) is 5.02 Å². The second kappa shape index (κ2) is 6.30. The van der Waals surface area contributed by atoms with Gasteiger partial charge < -0.3 is 5.32 Å². The maximum Gasteiger partial charge on any atom is 0.273 e. The number of carbonyl (C=O) groups excluding carboxylic acids is 1. The maximum atomic E-state index is 12.1. The summed E-state index contributed by atoms with van der Waals surface area (Å²) in [6, 6.07) is 7.19. The van der Waals surface area contributed by atoms with Gasteiger partial charge in [0.25, 0.3) is 5.91 Å². The monoisotopic (exact) mass is 287 g/mol. The lowest BCUT2D eigenvalue weighted by molar-refractivity contribution is -0.110. The van der Waals surface area contributed by atoms with Gasteiger partial charge in [-0.15, -0.1) is 0 Å². The van der Waals surface area contributed by atoms with Gasteiger partial charge in [-0.1, -0.05) is 29.8 Å². The molecule has 5 heteroatoms. The number of pyridine rings is 1. The van der Waals surface area contributed by atoms with Gasteiger partial charge in [-0.2, -0.15) is 0 Å². The van der Waals surface area contributed by atoms with Crippen molar-refractivity contribution >= 4 is 39.8 Å². The zero-order valence-electron chi connectivity index (χ0n) is 11.2. The van der Waals surface area contributed by atoms with E-state index in [0.717, 1.165) is 5.39 Å². The summed E-state index contributed by atoms with van der Waals surface area (Å²) in [6.07, 6.45) is 5.03. The van der Waals surface area contributed by atoms with Gasteiger partial charge in [0.05, 0.1) is 16.2 Å². The molecule has 0 radical (unpaired) electrons. The number of carbonyl (C=O) groups is 1. The van der Waals surface area contributed by atoms with Gasteiger partial charge in [-0.05, 0) is 25.1 Å². The Kier molecular flexibility index (Phi) is 4.48. The van der Waals surface area contributed by atoms with Gasteiger partial charge in [-0.25, -0.2) is 0 Å². The van der Waals surface area contributed by atoms with Gasteiger partial charge in [0, 0.05) is 18.6 Å². The van der Waals surface area contributed by atoms with Crippen molar-refractivity contribution in [1.82, 2.24) is 4.98 Å². The summed E-state index contributed by atoms with van der Waals surface area (Å²) >= 11 is 6.12. The van der Waals surface area contributed by atoms with Crippen molar-refractivity contribution in [3.05, 3.63) is 47.6 Å². The van der Waals surface area contributed by atoms with Crippen LogP contribution in [0.5, 0.6) is 0 Å². The average molecular weight is 288 g/mol. The first-order valence-electron chi connectivity index (χ1n) is 6.11. The number of para-hydroxylation sites is 1. The van der Waals surface area contributed by atoms with E-state index in [1.807, 2.05) is 19.1 Å². The Balaban J connectivity index is 2.40. The van der Waals surface area contributed by atoms with Gasteiger partial charge in [0.15, 0.2) is 0 Å². The van der Waals surface area contributed by atoms with Gasteiger partial charge in [0.1, 0.15) is 5.71 Å². The predicted molar refractivity (Wildman–Crippen MR) is 83.6 cm³/mol. The van der Waals surface area contributed by atoms with E-state index in [1.165, 1.54) is 0 Å². The highest BCUT2D eigenvalue weighted by molar-refractivity contribution is 6.47. The van der Waals surface area contributed by atoms with Crippen molar-refractivity contribution in [2.75, 3.05) is 12.4 Å². The quantitative estimate of drug-likeness (QED) is 0.879. The highest BCUT2D eigenvalue weighted by Gasteiger charge is 2.11. The van der Waals surface area contributed by atoms with E-state index in [9.17, 15) is 4.79 Å². The van der Waals surface area contributed by atoms with Crippen LogP contribution in [0.1, 0.15) is 6.92 Å². The number of anilines is 1. The van der Waals surface area contributed by atoms with Gasteiger partial charge >= 0.3 is 0 Å². The van der Waals surface area contributed by atoms with Crippen LogP contribution >= 0.6 is 11.6 Å². The normalized spacial score (nSPS) is 12.1. The van der Waals surface area contributed by atoms with Crippen molar-refractivity contribution in [2.24, 2.45) is 4.99 Å². The van der Waals surface area contributed by atoms with Gasteiger partial charge in [0.2, 0.25) is 0 Å². The third kappa shape index (κ3) is 2.86. The van der Waals surface area contributed by atoms with Crippen LogP contribution in [0.3, 0.4) is 0 Å². The Morgan fingerprint density at radius 3 is 2.90 bits per heavy atom. The summed E-state index contributed by atoms with van der Waals surface area (Å²) in [5.74, 6) is -0.278. The topological polar surface area (TPSA) is 54.4 Å². The van der Waals surface area contributed by atoms with Crippen molar-refractivity contribution < 1.29 is 4.79 Å². The molecule has 0 atom stereocenters. The summed E-state index contributed by atoms with van der Waals surface area (Å²) < 4.78 is 0. The molecule has 1 aromatic carbocycles. The lowest BCUT2D eigenvalue weighted by atomic mass is 10.2. The number of hydrogen-bond donors (Lipinski definition) is 1. The van der Waals surface area contributed by atoms with Crippen molar-refractivity contribution in [3.63, 3.8) is 0 Å². The molecule has 102 valence electrons. The molecule has 1 aromatic heterocycles. The van der Waals surface area contributed by atoms with Crippen LogP contribution in [0.4, 0.5) is 5.69 Å². The number of amides is 1. The Hall–Kier alpha value is -2.20. The Bertz CT molecular complexity index is 707. The maximum absolute atomic E-state index is 12.1. The number of hydrogen-bond acceptors (Lipinski definition) is 3. The molecular weight excluding hydrogens is 274 g/mol. The number of aromatic nitrogens is 1. The van der Waals surface area contributed by atoms with Crippen molar-refractivity contribution in [1.29, 1.82) is 0 Å². The molecule has 1 N–H and O–H groups in total. The second-order valence-electron chi connectivity index (χ2n) is 4.06. The summed E-state index contributed by atoms with van der Waals surface area (Å²) in [5, 5.41) is 4.21. The molecule has 0 fully saturated rings. The first-order valence-corrected chi connectivity index (χ1v) is 6.49. The van der Waals surface area contributed by atoms with E-state index in [1.54, 1.807) is 37.5 Å². The zero-order valence-corrected chi connectivity index (χ0v) is 12.0. The molecule has 0 unspecified atom stereocenters. The molecule has 2 rings (SSSR count). The minimum Gasteiger partial charge on any atom is -0.319 e. The minimum absolute atomic E-state index is 0.278.